The van der Waals surface area contributed by atoms with Gasteiger partial charge < -0.3 is 59.1 Å². The van der Waals surface area contributed by atoms with Crippen molar-refractivity contribution < 1.29 is 91.4 Å². The smallest absolute Gasteiger partial charge is 0.657 e. The fourth-order valence-electron chi connectivity index (χ4n) is 10.6. The molecule has 0 aliphatic carbocycles. The molecule has 0 radical (unpaired) electrons. The molecule has 0 fully saturated rings. The summed E-state index contributed by atoms with van der Waals surface area (Å²) in [5.41, 5.74) is 15.4. The SMILES string of the molecule is C=CC1=C(C)C(=O)N=C1/C=c1\[n-]/c(=C\c2[n-]c(/C=C3\[N-]C(=O)C(C=C)=C3C)c(C)c2CCC(=O)OC)c(CCC(=O)OC)c1C.C=CC1=C(C)C(=O)N=C1/C=c1\[n-]/c(=C\c2[n-]c(/C=C3\[N-]C(=O)C(C=C)=C3C)c(C)c2CCC(=O)OC)c(CCC(=O)OC)c1C.[Mn+3].[Mn+3]. The first-order chi connectivity index (χ1) is 42.9. The Morgan fingerprint density at radius 3 is 0.967 bits per heavy atom. The summed E-state index contributed by atoms with van der Waals surface area (Å²) in [6.45, 7) is 29.7. The van der Waals surface area contributed by atoms with Crippen molar-refractivity contribution in [3.05, 3.63) is 206 Å². The van der Waals surface area contributed by atoms with E-state index in [1.54, 1.807) is 64.2 Å². The number of methoxy groups -OCH3 is 4. The molecule has 20 nitrogen and oxygen atoms in total. The normalized spacial score (nSPS) is 16.2. The topological polar surface area (TPSA) is 283 Å². The van der Waals surface area contributed by atoms with E-state index in [4.69, 9.17) is 38.9 Å². The van der Waals surface area contributed by atoms with Crippen LogP contribution in [-0.4, -0.2) is 87.4 Å². The molecule has 4 aliphatic rings. The van der Waals surface area contributed by atoms with Crippen LogP contribution >= 0.6 is 0 Å². The Bertz CT molecular complexity index is 4070. The average Bonchev–Trinajstić information content (AvgIpc) is 1.66. The minimum atomic E-state index is -0.363. The van der Waals surface area contributed by atoms with Gasteiger partial charge in [0.1, 0.15) is 0 Å². The van der Waals surface area contributed by atoms with Gasteiger partial charge in [-0.1, -0.05) is 143 Å². The molecule has 4 aromatic heterocycles. The van der Waals surface area contributed by atoms with Gasteiger partial charge in [-0.15, -0.1) is 55.6 Å². The molecule has 92 heavy (non-hydrogen) atoms. The Kier molecular flexibility index (Phi) is 25.5. The van der Waals surface area contributed by atoms with Gasteiger partial charge in [-0.2, -0.15) is 0 Å². The standard InChI is InChI=1S/2C35H37N4O6.2Mn/c2*1-9-22-21(6)34(42)39-29(22)16-27-20(5)25(12-14-33(41)45-8)31(37-27)17-30-24(11-13-32(40)44-7)19(4)26(36-30)15-28-18(3)23(10-2)35(43)38-28;;/h2*9-10,15-17H,1-2,11-14H2,3-8H3,(H2-,36,37,38,39,42,43);;/q2*-1;2*+3/p-4. The van der Waals surface area contributed by atoms with E-state index in [1.807, 2.05) is 39.8 Å². The van der Waals surface area contributed by atoms with Gasteiger partial charge in [0.15, 0.2) is 0 Å². The molecule has 0 aromatic carbocycles. The Morgan fingerprint density at radius 2 is 0.685 bits per heavy atom. The molecule has 4 aliphatic heterocycles. The number of ether oxygens (including phenoxy) is 4. The van der Waals surface area contributed by atoms with E-state index >= 15 is 0 Å². The van der Waals surface area contributed by atoms with Crippen LogP contribution in [0.15, 0.2) is 117 Å². The zero-order valence-corrected chi connectivity index (χ0v) is 55.9. The van der Waals surface area contributed by atoms with E-state index < -0.39 is 0 Å². The van der Waals surface area contributed by atoms with Crippen LogP contribution in [0.25, 0.3) is 47.1 Å². The maximum absolute atomic E-state index is 12.3. The molecule has 4 aromatic rings. The second-order valence-corrected chi connectivity index (χ2v) is 21.3. The van der Waals surface area contributed by atoms with E-state index in [2.05, 4.69) is 46.9 Å². The number of nitrogens with zero attached hydrogens (tertiary/aromatic N) is 8. The molecular weight excluding hydrogens is 1250 g/mol. The van der Waals surface area contributed by atoms with Crippen molar-refractivity contribution in [2.24, 2.45) is 9.98 Å². The van der Waals surface area contributed by atoms with E-state index in [0.29, 0.717) is 137 Å². The number of carbonyl (C=O) groups is 8. The summed E-state index contributed by atoms with van der Waals surface area (Å²) in [5.74, 6) is -2.82. The fraction of sp³-hybridized carbons (Fsp3) is 0.286. The quantitative estimate of drug-likeness (QED) is 0.0458. The van der Waals surface area contributed by atoms with Gasteiger partial charge in [0.25, 0.3) is 11.8 Å². The number of rotatable bonds is 22. The Labute approximate surface area is 554 Å². The molecule has 0 N–H and O–H groups in total. The van der Waals surface area contributed by atoms with Crippen molar-refractivity contribution in [2.75, 3.05) is 28.4 Å². The van der Waals surface area contributed by atoms with Gasteiger partial charge in [0, 0.05) is 59.1 Å². The molecule has 0 bridgehead atoms. The van der Waals surface area contributed by atoms with Crippen LogP contribution < -0.4 is 41.3 Å². The molecule has 0 atom stereocenters. The predicted molar refractivity (Wildman–Crippen MR) is 343 cm³/mol. The maximum atomic E-state index is 12.3. The maximum Gasteiger partial charge on any atom is 3.00 e. The van der Waals surface area contributed by atoms with Crippen molar-refractivity contribution in [1.29, 1.82) is 0 Å². The second kappa shape index (κ2) is 32.0. The molecule has 0 spiro atoms. The van der Waals surface area contributed by atoms with Crippen molar-refractivity contribution in [3.63, 3.8) is 0 Å². The molecule has 8 rings (SSSR count). The molecule has 8 heterocycles. The third kappa shape index (κ3) is 16.0. The van der Waals surface area contributed by atoms with Gasteiger partial charge in [0.05, 0.1) is 51.7 Å². The number of aromatic nitrogens is 4. The van der Waals surface area contributed by atoms with Crippen molar-refractivity contribution >= 4 is 95.4 Å². The van der Waals surface area contributed by atoms with E-state index in [0.717, 1.165) is 44.5 Å². The summed E-state index contributed by atoms with van der Waals surface area (Å²) in [7, 11) is 5.35. The van der Waals surface area contributed by atoms with Crippen molar-refractivity contribution in [2.45, 2.75) is 107 Å². The summed E-state index contributed by atoms with van der Waals surface area (Å²) < 4.78 is 19.5. The van der Waals surface area contributed by atoms with Crippen LogP contribution in [0.1, 0.15) is 121 Å². The van der Waals surface area contributed by atoms with Gasteiger partial charge in [-0.05, 0) is 81.1 Å². The summed E-state index contributed by atoms with van der Waals surface area (Å²) in [6.07, 6.45) is 18.7. The first-order valence-electron chi connectivity index (χ1n) is 28.7. The third-order valence-corrected chi connectivity index (χ3v) is 16.2. The molecule has 0 saturated carbocycles. The summed E-state index contributed by atoms with van der Waals surface area (Å²) in [6, 6.07) is 0. The third-order valence-electron chi connectivity index (χ3n) is 16.2. The minimum absolute atomic E-state index is 0. The zero-order valence-electron chi connectivity index (χ0n) is 53.5. The number of esters is 4. The van der Waals surface area contributed by atoms with Crippen LogP contribution in [0, 0.1) is 27.7 Å². The first kappa shape index (κ1) is 73.3. The summed E-state index contributed by atoms with van der Waals surface area (Å²) in [4.78, 5) is 126. The molecule has 22 heteroatoms. The Balaban J connectivity index is 0.000000327. The minimum Gasteiger partial charge on any atom is -0.657 e. The molecule has 0 saturated heterocycles. The number of allylic oxidation sites excluding steroid dienone is 6. The number of amides is 4. The summed E-state index contributed by atoms with van der Waals surface area (Å²) >= 11 is 0. The first-order valence-corrected chi connectivity index (χ1v) is 28.7. The monoisotopic (exact) mass is 1320 g/mol. The van der Waals surface area contributed by atoms with Crippen LogP contribution in [0.5, 0.6) is 0 Å². The Morgan fingerprint density at radius 1 is 0.380 bits per heavy atom. The molecular formula is C70H70Mn2N8O12. The number of hydrogen-bond acceptors (Lipinski definition) is 12. The van der Waals surface area contributed by atoms with Crippen LogP contribution in [0.3, 0.4) is 0 Å². The van der Waals surface area contributed by atoms with E-state index in [1.165, 1.54) is 40.6 Å². The van der Waals surface area contributed by atoms with Crippen LogP contribution in [0.4, 0.5) is 0 Å². The molecule has 4 amide bonds. The van der Waals surface area contributed by atoms with Gasteiger partial charge in [-0.25, -0.2) is 9.98 Å². The van der Waals surface area contributed by atoms with Gasteiger partial charge in [-0.3, -0.25) is 28.8 Å². The fourth-order valence-corrected chi connectivity index (χ4v) is 10.6. The second-order valence-electron chi connectivity index (χ2n) is 21.3. The summed E-state index contributed by atoms with van der Waals surface area (Å²) in [5, 5.41) is 10.7. The van der Waals surface area contributed by atoms with E-state index in [-0.39, 0.29) is 107 Å². The Hall–Kier alpha value is -9.46. The van der Waals surface area contributed by atoms with Crippen LogP contribution in [-0.2, 0) is 117 Å². The van der Waals surface area contributed by atoms with Gasteiger partial charge >= 0.3 is 58.0 Å². The number of aliphatic imine (C=N–C) groups is 2. The largest absolute Gasteiger partial charge is 3.00 e. The molecule has 476 valence electrons. The number of carbonyl (C=O) groups excluding carboxylic acids is 8. The van der Waals surface area contributed by atoms with Crippen molar-refractivity contribution in [3.8, 4) is 0 Å². The predicted octanol–water partition coefficient (Wildman–Crippen LogP) is 6.55. The molecule has 0 unspecified atom stereocenters. The average molecular weight is 1330 g/mol. The van der Waals surface area contributed by atoms with E-state index in [9.17, 15) is 38.4 Å². The van der Waals surface area contributed by atoms with Crippen molar-refractivity contribution in [1.82, 2.24) is 19.9 Å². The van der Waals surface area contributed by atoms with Crippen LogP contribution in [0.2, 0.25) is 0 Å². The van der Waals surface area contributed by atoms with Gasteiger partial charge in [0.2, 0.25) is 0 Å². The number of hydrogen-bond donors (Lipinski definition) is 0. The zero-order chi connectivity index (χ0) is 66.0.